The SMILES string of the molecule is OC(Cc1cccc(Cl)c1)C1COc2ccccc2O1. The zero-order valence-electron chi connectivity index (χ0n) is 10.8. The molecule has 4 heteroatoms. The van der Waals surface area contributed by atoms with Crippen LogP contribution in [0.3, 0.4) is 0 Å². The molecular weight excluding hydrogens is 276 g/mol. The third-order valence-corrected chi connectivity index (χ3v) is 3.53. The molecule has 0 spiro atoms. The predicted molar refractivity (Wildman–Crippen MR) is 77.5 cm³/mol. The second-order valence-electron chi connectivity index (χ2n) is 4.82. The lowest BCUT2D eigenvalue weighted by atomic mass is 10.0. The maximum atomic E-state index is 10.3. The first-order chi connectivity index (χ1) is 9.72. The van der Waals surface area contributed by atoms with Crippen molar-refractivity contribution < 1.29 is 14.6 Å². The van der Waals surface area contributed by atoms with Gasteiger partial charge in [0.25, 0.3) is 0 Å². The van der Waals surface area contributed by atoms with Crippen molar-refractivity contribution in [3.05, 3.63) is 59.1 Å². The second-order valence-corrected chi connectivity index (χ2v) is 5.25. The minimum absolute atomic E-state index is 0.346. The average molecular weight is 291 g/mol. The maximum Gasteiger partial charge on any atom is 0.161 e. The van der Waals surface area contributed by atoms with E-state index in [1.54, 1.807) is 0 Å². The molecule has 1 heterocycles. The van der Waals surface area contributed by atoms with Crippen LogP contribution in [0, 0.1) is 0 Å². The van der Waals surface area contributed by atoms with Crippen molar-refractivity contribution in [1.29, 1.82) is 0 Å². The molecule has 2 aromatic rings. The lowest BCUT2D eigenvalue weighted by Gasteiger charge is -2.29. The zero-order chi connectivity index (χ0) is 13.9. The molecule has 0 saturated carbocycles. The van der Waals surface area contributed by atoms with Gasteiger partial charge in [0, 0.05) is 11.4 Å². The van der Waals surface area contributed by atoms with E-state index in [-0.39, 0.29) is 6.10 Å². The molecule has 3 nitrogen and oxygen atoms in total. The summed E-state index contributed by atoms with van der Waals surface area (Å²) >= 11 is 5.94. The van der Waals surface area contributed by atoms with Crippen LogP contribution in [0.5, 0.6) is 11.5 Å². The first-order valence-electron chi connectivity index (χ1n) is 6.53. The van der Waals surface area contributed by atoms with Gasteiger partial charge in [-0.25, -0.2) is 0 Å². The number of fused-ring (bicyclic) bond motifs is 1. The second kappa shape index (κ2) is 5.73. The van der Waals surface area contributed by atoms with Crippen molar-refractivity contribution in [2.75, 3.05) is 6.61 Å². The van der Waals surface area contributed by atoms with Crippen LogP contribution in [0.2, 0.25) is 5.02 Å². The Balaban J connectivity index is 1.68. The standard InChI is InChI=1S/C16H15ClO3/c17-12-5-3-4-11(8-12)9-13(18)16-10-19-14-6-1-2-7-15(14)20-16/h1-8,13,16,18H,9-10H2. The lowest BCUT2D eigenvalue weighted by molar-refractivity contribution is -0.00941. The number of benzene rings is 2. The van der Waals surface area contributed by atoms with E-state index >= 15 is 0 Å². The van der Waals surface area contributed by atoms with Gasteiger partial charge in [-0.3, -0.25) is 0 Å². The Bertz CT molecular complexity index is 600. The van der Waals surface area contributed by atoms with Crippen molar-refractivity contribution >= 4 is 11.6 Å². The van der Waals surface area contributed by atoms with Crippen LogP contribution >= 0.6 is 11.6 Å². The monoisotopic (exact) mass is 290 g/mol. The van der Waals surface area contributed by atoms with Crippen LogP contribution < -0.4 is 9.47 Å². The Labute approximate surface area is 122 Å². The van der Waals surface area contributed by atoms with Crippen LogP contribution in [-0.4, -0.2) is 23.9 Å². The number of rotatable bonds is 3. The summed E-state index contributed by atoms with van der Waals surface area (Å²) in [4.78, 5) is 0. The van der Waals surface area contributed by atoms with E-state index in [4.69, 9.17) is 21.1 Å². The summed E-state index contributed by atoms with van der Waals surface area (Å²) < 4.78 is 11.4. The number of halogens is 1. The average Bonchev–Trinajstić information content (AvgIpc) is 2.47. The van der Waals surface area contributed by atoms with Gasteiger partial charge in [-0.2, -0.15) is 0 Å². The fourth-order valence-electron chi connectivity index (χ4n) is 2.26. The summed E-state index contributed by atoms with van der Waals surface area (Å²) in [7, 11) is 0. The Morgan fingerprint density at radius 3 is 2.75 bits per heavy atom. The Hall–Kier alpha value is -1.71. The molecular formula is C16H15ClO3. The maximum absolute atomic E-state index is 10.3. The number of ether oxygens (including phenoxy) is 2. The van der Waals surface area contributed by atoms with Gasteiger partial charge in [-0.05, 0) is 29.8 Å². The highest BCUT2D eigenvalue weighted by Crippen LogP contribution is 2.32. The largest absolute Gasteiger partial charge is 0.486 e. The molecule has 0 saturated heterocycles. The molecule has 1 N–H and O–H groups in total. The highest BCUT2D eigenvalue weighted by Gasteiger charge is 2.27. The summed E-state index contributed by atoms with van der Waals surface area (Å²) in [5, 5.41) is 11.0. The highest BCUT2D eigenvalue weighted by atomic mass is 35.5. The summed E-state index contributed by atoms with van der Waals surface area (Å²) in [6.45, 7) is 0.346. The normalized spacial score (nSPS) is 18.6. The summed E-state index contributed by atoms with van der Waals surface area (Å²) in [5.41, 5.74) is 0.979. The van der Waals surface area contributed by atoms with E-state index in [2.05, 4.69) is 0 Å². The first-order valence-corrected chi connectivity index (χ1v) is 6.91. The van der Waals surface area contributed by atoms with Crippen molar-refractivity contribution in [1.82, 2.24) is 0 Å². The Morgan fingerprint density at radius 1 is 1.15 bits per heavy atom. The van der Waals surface area contributed by atoms with Crippen molar-refractivity contribution in [3.8, 4) is 11.5 Å². The van der Waals surface area contributed by atoms with E-state index in [1.165, 1.54) is 0 Å². The third-order valence-electron chi connectivity index (χ3n) is 3.29. The molecule has 1 aliphatic heterocycles. The number of hydrogen-bond donors (Lipinski definition) is 1. The van der Waals surface area contributed by atoms with Gasteiger partial charge in [0.1, 0.15) is 6.61 Å². The smallest absolute Gasteiger partial charge is 0.161 e. The fraction of sp³-hybridized carbons (Fsp3) is 0.250. The Morgan fingerprint density at radius 2 is 1.95 bits per heavy atom. The molecule has 3 rings (SSSR count). The highest BCUT2D eigenvalue weighted by molar-refractivity contribution is 6.30. The van der Waals surface area contributed by atoms with Crippen LogP contribution in [0.1, 0.15) is 5.56 Å². The molecule has 0 amide bonds. The number of aliphatic hydroxyl groups is 1. The van der Waals surface area contributed by atoms with Gasteiger partial charge in [0.15, 0.2) is 17.6 Å². The van der Waals surface area contributed by atoms with Crippen LogP contribution in [0.4, 0.5) is 0 Å². The molecule has 2 aromatic carbocycles. The molecule has 1 aliphatic rings. The number of para-hydroxylation sites is 2. The summed E-state index contributed by atoms with van der Waals surface area (Å²) in [5.74, 6) is 1.40. The molecule has 104 valence electrons. The predicted octanol–water partition coefficient (Wildman–Crippen LogP) is 3.08. The van der Waals surface area contributed by atoms with Gasteiger partial charge in [-0.1, -0.05) is 35.9 Å². The minimum Gasteiger partial charge on any atom is -0.486 e. The quantitative estimate of drug-likeness (QED) is 0.944. The van der Waals surface area contributed by atoms with Crippen LogP contribution in [0.15, 0.2) is 48.5 Å². The topological polar surface area (TPSA) is 38.7 Å². The van der Waals surface area contributed by atoms with E-state index in [9.17, 15) is 5.11 Å². The van der Waals surface area contributed by atoms with Crippen LogP contribution in [-0.2, 0) is 6.42 Å². The summed E-state index contributed by atoms with van der Waals surface area (Å²) in [6.07, 6.45) is -0.526. The summed E-state index contributed by atoms with van der Waals surface area (Å²) in [6, 6.07) is 14.9. The first kappa shape index (κ1) is 13.3. The van der Waals surface area contributed by atoms with E-state index in [0.717, 1.165) is 11.3 Å². The Kier molecular flexibility index (Phi) is 3.81. The van der Waals surface area contributed by atoms with E-state index in [0.29, 0.717) is 23.8 Å². The molecule has 2 atom stereocenters. The van der Waals surface area contributed by atoms with Crippen molar-refractivity contribution in [2.24, 2.45) is 0 Å². The van der Waals surface area contributed by atoms with Gasteiger partial charge < -0.3 is 14.6 Å². The molecule has 0 aromatic heterocycles. The molecule has 0 bridgehead atoms. The number of hydrogen-bond acceptors (Lipinski definition) is 3. The molecule has 0 radical (unpaired) electrons. The van der Waals surface area contributed by atoms with Crippen LogP contribution in [0.25, 0.3) is 0 Å². The van der Waals surface area contributed by atoms with E-state index < -0.39 is 6.10 Å². The molecule has 0 fully saturated rings. The van der Waals surface area contributed by atoms with Gasteiger partial charge in [0.2, 0.25) is 0 Å². The van der Waals surface area contributed by atoms with Crippen molar-refractivity contribution in [3.63, 3.8) is 0 Å². The van der Waals surface area contributed by atoms with Crippen molar-refractivity contribution in [2.45, 2.75) is 18.6 Å². The molecule has 2 unspecified atom stereocenters. The lowest BCUT2D eigenvalue weighted by Crippen LogP contribution is -2.40. The van der Waals surface area contributed by atoms with Gasteiger partial charge in [0.05, 0.1) is 6.10 Å². The molecule has 20 heavy (non-hydrogen) atoms. The third kappa shape index (κ3) is 2.89. The zero-order valence-corrected chi connectivity index (χ0v) is 11.6. The number of aliphatic hydroxyl groups excluding tert-OH is 1. The van der Waals surface area contributed by atoms with E-state index in [1.807, 2.05) is 48.5 Å². The van der Waals surface area contributed by atoms with Gasteiger partial charge >= 0.3 is 0 Å². The molecule has 0 aliphatic carbocycles. The minimum atomic E-state index is -0.637. The van der Waals surface area contributed by atoms with Gasteiger partial charge in [-0.15, -0.1) is 0 Å². The fourth-order valence-corrected chi connectivity index (χ4v) is 2.48.